The number of hydrogen-bond acceptors (Lipinski definition) is 5. The van der Waals surface area contributed by atoms with Gasteiger partial charge in [-0.3, -0.25) is 4.98 Å². The molecule has 1 fully saturated rings. The quantitative estimate of drug-likeness (QED) is 0.408. The van der Waals surface area contributed by atoms with Gasteiger partial charge in [0.05, 0.1) is 30.8 Å². The van der Waals surface area contributed by atoms with Gasteiger partial charge in [0.15, 0.2) is 5.11 Å². The first-order valence-corrected chi connectivity index (χ1v) is 11.4. The second-order valence-electron chi connectivity index (χ2n) is 7.99. The lowest BCUT2D eigenvalue weighted by Gasteiger charge is -2.27. The van der Waals surface area contributed by atoms with Crippen LogP contribution in [0.15, 0.2) is 73.1 Å². The Bertz CT molecular complexity index is 1280. The number of aryl methyl sites for hydroxylation is 1. The number of rotatable bonds is 4. The highest BCUT2D eigenvalue weighted by Crippen LogP contribution is 2.31. The zero-order valence-corrected chi connectivity index (χ0v) is 19.2. The maximum Gasteiger partial charge on any atom is 0.175 e. The largest absolute Gasteiger partial charge is 0.378 e. The molecule has 0 amide bonds. The Morgan fingerprint density at radius 2 is 1.73 bits per heavy atom. The molecule has 0 saturated carbocycles. The molecule has 1 aliphatic rings. The van der Waals surface area contributed by atoms with E-state index in [4.69, 9.17) is 17.0 Å². The molecule has 2 N–H and O–H groups in total. The van der Waals surface area contributed by atoms with Crippen molar-refractivity contribution in [1.29, 1.82) is 0 Å². The minimum Gasteiger partial charge on any atom is -0.378 e. The van der Waals surface area contributed by atoms with Crippen LogP contribution < -0.4 is 15.5 Å². The number of ether oxygens (including phenoxy) is 1. The average Bonchev–Trinajstić information content (AvgIpc) is 2.86. The van der Waals surface area contributed by atoms with Crippen LogP contribution in [-0.4, -0.2) is 41.4 Å². The molecule has 0 unspecified atom stereocenters. The van der Waals surface area contributed by atoms with Gasteiger partial charge in [-0.15, -0.1) is 0 Å². The smallest absolute Gasteiger partial charge is 0.175 e. The Morgan fingerprint density at radius 3 is 2.55 bits per heavy atom. The summed E-state index contributed by atoms with van der Waals surface area (Å²) in [6.07, 6.45) is 3.66. The van der Waals surface area contributed by atoms with Crippen molar-refractivity contribution in [3.63, 3.8) is 0 Å². The number of nitrogens with zero attached hydrogens (tertiary/aromatic N) is 3. The molecule has 0 aliphatic carbocycles. The third kappa shape index (κ3) is 4.79. The van der Waals surface area contributed by atoms with Crippen LogP contribution in [0.5, 0.6) is 0 Å². The molecule has 6 nitrogen and oxygen atoms in total. The highest BCUT2D eigenvalue weighted by atomic mass is 32.1. The van der Waals surface area contributed by atoms with Gasteiger partial charge in [-0.25, -0.2) is 4.98 Å². The van der Waals surface area contributed by atoms with Gasteiger partial charge in [-0.05, 0) is 60.4 Å². The molecular formula is C26H25N5OS. The molecule has 0 radical (unpaired) electrons. The summed E-state index contributed by atoms with van der Waals surface area (Å²) in [7, 11) is 0. The van der Waals surface area contributed by atoms with E-state index in [0.29, 0.717) is 5.11 Å². The van der Waals surface area contributed by atoms with Crippen LogP contribution >= 0.6 is 12.2 Å². The molecule has 2 aromatic heterocycles. The van der Waals surface area contributed by atoms with Gasteiger partial charge >= 0.3 is 0 Å². The molecule has 1 saturated heterocycles. The van der Waals surface area contributed by atoms with Gasteiger partial charge in [0.25, 0.3) is 0 Å². The summed E-state index contributed by atoms with van der Waals surface area (Å²) in [5, 5.41) is 9.33. The summed E-state index contributed by atoms with van der Waals surface area (Å²) in [6.45, 7) is 5.30. The zero-order chi connectivity index (χ0) is 22.6. The van der Waals surface area contributed by atoms with Crippen molar-refractivity contribution < 1.29 is 4.74 Å². The van der Waals surface area contributed by atoms with Gasteiger partial charge in [-0.1, -0.05) is 30.3 Å². The third-order valence-corrected chi connectivity index (χ3v) is 5.97. The second kappa shape index (κ2) is 9.52. The first-order chi connectivity index (χ1) is 16.2. The number of morpholine rings is 1. The Labute approximate surface area is 198 Å². The van der Waals surface area contributed by atoms with Gasteiger partial charge in [0, 0.05) is 35.9 Å². The molecule has 1 aliphatic heterocycles. The van der Waals surface area contributed by atoms with Crippen LogP contribution in [0.25, 0.3) is 22.0 Å². The highest BCUT2D eigenvalue weighted by Gasteiger charge is 2.13. The fourth-order valence-corrected chi connectivity index (χ4v) is 4.26. The lowest BCUT2D eigenvalue weighted by atomic mass is 9.99. The van der Waals surface area contributed by atoms with Crippen LogP contribution in [0.3, 0.4) is 0 Å². The number of thiocarbonyl (C=S) groups is 1. The standard InChI is InChI=1S/C26H25N5OS/c1-18-6-7-20(16-23(18)25-22-5-3-2-4-19(22)10-11-27-25)29-26(33)30-21-8-9-24(28-17-21)31-12-14-32-15-13-31/h2-11,16-17H,12-15H2,1H3,(H2,29,30,33). The van der Waals surface area contributed by atoms with E-state index in [-0.39, 0.29) is 0 Å². The van der Waals surface area contributed by atoms with Crippen LogP contribution in [0.2, 0.25) is 0 Å². The fraction of sp³-hybridized carbons (Fsp3) is 0.192. The molecule has 33 heavy (non-hydrogen) atoms. The van der Waals surface area contributed by atoms with E-state index < -0.39 is 0 Å². The predicted molar refractivity (Wildman–Crippen MR) is 139 cm³/mol. The minimum absolute atomic E-state index is 0.511. The number of anilines is 3. The van der Waals surface area contributed by atoms with Crippen LogP contribution in [0, 0.1) is 6.92 Å². The molecule has 7 heteroatoms. The number of nitrogens with one attached hydrogen (secondary N) is 2. The van der Waals surface area contributed by atoms with E-state index in [1.165, 1.54) is 5.39 Å². The number of hydrogen-bond donors (Lipinski definition) is 2. The fourth-order valence-electron chi connectivity index (χ4n) is 4.02. The van der Waals surface area contributed by atoms with Gasteiger partial charge in [-0.2, -0.15) is 0 Å². The lowest BCUT2D eigenvalue weighted by Crippen LogP contribution is -2.36. The van der Waals surface area contributed by atoms with Crippen molar-refractivity contribution in [1.82, 2.24) is 9.97 Å². The average molecular weight is 456 g/mol. The topological polar surface area (TPSA) is 62.3 Å². The van der Waals surface area contributed by atoms with E-state index in [9.17, 15) is 0 Å². The Morgan fingerprint density at radius 1 is 0.939 bits per heavy atom. The first-order valence-electron chi connectivity index (χ1n) is 11.0. The maximum absolute atomic E-state index is 5.55. The summed E-state index contributed by atoms with van der Waals surface area (Å²) in [4.78, 5) is 11.5. The normalized spacial score (nSPS) is 13.7. The van der Waals surface area contributed by atoms with Crippen molar-refractivity contribution in [2.75, 3.05) is 41.8 Å². The second-order valence-corrected chi connectivity index (χ2v) is 8.40. The molecule has 166 valence electrons. The highest BCUT2D eigenvalue weighted by molar-refractivity contribution is 7.80. The zero-order valence-electron chi connectivity index (χ0n) is 18.4. The lowest BCUT2D eigenvalue weighted by molar-refractivity contribution is 0.122. The molecule has 4 aromatic rings. The van der Waals surface area contributed by atoms with Gasteiger partial charge in [0.2, 0.25) is 0 Å². The van der Waals surface area contributed by atoms with Gasteiger partial charge in [0.1, 0.15) is 5.82 Å². The van der Waals surface area contributed by atoms with Crippen molar-refractivity contribution in [2.45, 2.75) is 6.92 Å². The molecular weight excluding hydrogens is 430 g/mol. The van der Waals surface area contributed by atoms with E-state index in [0.717, 1.165) is 65.7 Å². The minimum atomic E-state index is 0.511. The summed E-state index contributed by atoms with van der Waals surface area (Å²) >= 11 is 5.55. The monoisotopic (exact) mass is 455 g/mol. The number of aromatic nitrogens is 2. The van der Waals surface area contributed by atoms with Crippen molar-refractivity contribution >= 4 is 45.3 Å². The van der Waals surface area contributed by atoms with E-state index in [1.807, 2.05) is 42.6 Å². The summed E-state index contributed by atoms with van der Waals surface area (Å²) in [5.41, 5.74) is 4.95. The van der Waals surface area contributed by atoms with Crippen LogP contribution in [-0.2, 0) is 4.74 Å². The first kappa shape index (κ1) is 21.3. The Kier molecular flexibility index (Phi) is 6.15. The summed E-state index contributed by atoms with van der Waals surface area (Å²) in [6, 6.07) is 20.5. The van der Waals surface area contributed by atoms with E-state index in [2.05, 4.69) is 56.7 Å². The molecule has 3 heterocycles. The predicted octanol–water partition coefficient (Wildman–Crippen LogP) is 5.25. The Balaban J connectivity index is 1.31. The molecule has 0 atom stereocenters. The Hall–Kier alpha value is -3.55. The van der Waals surface area contributed by atoms with Crippen molar-refractivity contribution in [3.05, 3.63) is 78.6 Å². The van der Waals surface area contributed by atoms with Crippen molar-refractivity contribution in [2.24, 2.45) is 0 Å². The molecule has 2 aromatic carbocycles. The third-order valence-electron chi connectivity index (χ3n) is 5.77. The van der Waals surface area contributed by atoms with E-state index in [1.54, 1.807) is 6.20 Å². The molecule has 0 bridgehead atoms. The van der Waals surface area contributed by atoms with Crippen LogP contribution in [0.1, 0.15) is 5.56 Å². The number of pyridine rings is 2. The molecule has 5 rings (SSSR count). The SMILES string of the molecule is Cc1ccc(NC(=S)Nc2ccc(N3CCOCC3)nc2)cc1-c1nccc2ccccc12. The summed E-state index contributed by atoms with van der Waals surface area (Å²) in [5.74, 6) is 0.952. The van der Waals surface area contributed by atoms with Crippen LogP contribution in [0.4, 0.5) is 17.2 Å². The van der Waals surface area contributed by atoms with Gasteiger partial charge < -0.3 is 20.3 Å². The number of fused-ring (bicyclic) bond motifs is 1. The summed E-state index contributed by atoms with van der Waals surface area (Å²) < 4.78 is 5.41. The maximum atomic E-state index is 5.55. The number of benzene rings is 2. The molecule has 0 spiro atoms. The van der Waals surface area contributed by atoms with E-state index >= 15 is 0 Å². The van der Waals surface area contributed by atoms with Crippen molar-refractivity contribution in [3.8, 4) is 11.3 Å².